The van der Waals surface area contributed by atoms with E-state index < -0.39 is 0 Å². The standard InChI is InChI=1S/C12H13N3O.C11H9ClN2O.C5H7N3O.C4H10O.C2H6O.CH5N.4CH4/c1-13-12-14-7-11(8-15-12)16-9-10-5-3-2-4-6-10;12-11-13-6-10(7-14-11)15-8-9-4-2-1-3-5-9;1-6-5-7-2-4(9)3-8-5;1-2-3-4-5;1-2-3;1-2;;;;/h2-8H,9H2,1H3,(H,13,14,15);1-7H,8H2;2-3,9H,1H3,(H,6,7,8);5H,2-4H2,1H3;3H,2H2,1H3;2H2,1H3;4*1H4. The largest absolute Gasteiger partial charge is 0.505 e. The summed E-state index contributed by atoms with van der Waals surface area (Å²) in [4.78, 5) is 23.2. The number of aromatic nitrogens is 6. The molecule has 3 heterocycles. The number of aromatic hydroxyl groups is 1. The summed E-state index contributed by atoms with van der Waals surface area (Å²) >= 11 is 5.55. The van der Waals surface area contributed by atoms with Crippen LogP contribution in [0.2, 0.25) is 5.28 Å². The normalized spacial score (nSPS) is 8.39. The fourth-order valence-corrected chi connectivity index (χ4v) is 3.08. The van der Waals surface area contributed by atoms with Gasteiger partial charge < -0.3 is 41.2 Å². The SMILES string of the molecule is C.C.C.C.CCCCO.CCO.CN.CNc1ncc(O)cn1.CNc1ncc(OCc2ccccc2)cn1.Clc1ncc(OCc2ccccc2)cn1. The Balaban J connectivity index is -0.000000196. The molecule has 0 aliphatic heterocycles. The number of rotatable bonds is 10. The van der Waals surface area contributed by atoms with Crippen molar-refractivity contribution < 1.29 is 24.8 Å². The smallest absolute Gasteiger partial charge is 0.222 e. The average molecular weight is 776 g/mol. The molecule has 0 atom stereocenters. The Morgan fingerprint density at radius 3 is 1.24 bits per heavy atom. The van der Waals surface area contributed by atoms with Crippen molar-refractivity contribution in [1.82, 2.24) is 29.9 Å². The molecule has 15 heteroatoms. The summed E-state index contributed by atoms with van der Waals surface area (Å²) in [5.41, 5.74) is 6.73. The number of hydrogen-bond donors (Lipinski definition) is 6. The maximum absolute atomic E-state index is 8.70. The molecule has 0 amide bonds. The molecule has 14 nitrogen and oxygen atoms in total. The van der Waals surface area contributed by atoms with Crippen LogP contribution in [0.25, 0.3) is 0 Å². The minimum atomic E-state index is 0. The van der Waals surface area contributed by atoms with E-state index in [9.17, 15) is 0 Å². The molecule has 0 bridgehead atoms. The van der Waals surface area contributed by atoms with Gasteiger partial charge >= 0.3 is 0 Å². The fourth-order valence-electron chi connectivity index (χ4n) is 2.99. The van der Waals surface area contributed by atoms with E-state index in [1.807, 2.05) is 60.7 Å². The van der Waals surface area contributed by atoms with Gasteiger partial charge in [0, 0.05) is 27.3 Å². The first-order valence-corrected chi connectivity index (χ1v) is 16.1. The Labute approximate surface area is 329 Å². The fraction of sp³-hybridized carbons (Fsp3) is 0.385. The summed E-state index contributed by atoms with van der Waals surface area (Å²) in [5.74, 6) is 2.46. The number of aliphatic hydroxyl groups is 2. The van der Waals surface area contributed by atoms with Gasteiger partial charge in [0.05, 0.1) is 37.2 Å². The molecule has 5 aromatic rings. The Morgan fingerprint density at radius 1 is 0.611 bits per heavy atom. The lowest BCUT2D eigenvalue weighted by molar-refractivity contribution is 0.287. The number of halogens is 1. The van der Waals surface area contributed by atoms with Gasteiger partial charge in [-0.1, -0.05) is 104 Å². The van der Waals surface area contributed by atoms with E-state index in [1.54, 1.807) is 45.8 Å². The minimum Gasteiger partial charge on any atom is -0.505 e. The number of nitrogens with zero attached hydrogens (tertiary/aromatic N) is 6. The van der Waals surface area contributed by atoms with Gasteiger partial charge in [-0.2, -0.15) is 0 Å². The molecular weight excluding hydrogens is 710 g/mol. The number of unbranched alkanes of at least 4 members (excludes halogenated alkanes) is 1. The van der Waals surface area contributed by atoms with E-state index in [4.69, 9.17) is 36.4 Å². The molecule has 0 radical (unpaired) electrons. The zero-order valence-electron chi connectivity index (χ0n) is 29.3. The third-order valence-electron chi connectivity index (χ3n) is 5.32. The third kappa shape index (κ3) is 30.5. The molecule has 0 fully saturated rings. The quantitative estimate of drug-likeness (QED) is 0.0746. The molecule has 0 spiro atoms. The van der Waals surface area contributed by atoms with Gasteiger partial charge in [-0.25, -0.2) is 29.9 Å². The molecule has 7 N–H and O–H groups in total. The van der Waals surface area contributed by atoms with Crippen LogP contribution in [0.5, 0.6) is 17.2 Å². The summed E-state index contributed by atoms with van der Waals surface area (Å²) in [6, 6.07) is 19.9. The number of nitrogens with one attached hydrogen (secondary N) is 2. The second-order valence-corrected chi connectivity index (χ2v) is 9.48. The van der Waals surface area contributed by atoms with E-state index in [2.05, 4.69) is 53.2 Å². The van der Waals surface area contributed by atoms with Crippen LogP contribution >= 0.6 is 11.6 Å². The number of anilines is 2. The van der Waals surface area contributed by atoms with E-state index in [1.165, 1.54) is 19.4 Å². The van der Waals surface area contributed by atoms with Crippen LogP contribution in [0.4, 0.5) is 11.9 Å². The van der Waals surface area contributed by atoms with Crippen molar-refractivity contribution in [1.29, 1.82) is 0 Å². The molecular formula is C39H66ClN9O5. The molecule has 54 heavy (non-hydrogen) atoms. The highest BCUT2D eigenvalue weighted by Gasteiger charge is 1.98. The van der Waals surface area contributed by atoms with E-state index in [-0.39, 0.29) is 47.3 Å². The summed E-state index contributed by atoms with van der Waals surface area (Å²) in [6.45, 7) is 5.36. The summed E-state index contributed by atoms with van der Waals surface area (Å²) in [7, 11) is 4.99. The first-order chi connectivity index (χ1) is 24.4. The minimum absolute atomic E-state index is 0. The molecule has 304 valence electrons. The van der Waals surface area contributed by atoms with Crippen LogP contribution < -0.4 is 25.8 Å². The third-order valence-corrected chi connectivity index (χ3v) is 5.51. The van der Waals surface area contributed by atoms with Gasteiger partial charge in [-0.05, 0) is 43.1 Å². The molecule has 5 rings (SSSR count). The highest BCUT2D eigenvalue weighted by Crippen LogP contribution is 2.12. The zero-order valence-corrected chi connectivity index (χ0v) is 30.0. The number of nitrogens with two attached hydrogens (primary N) is 1. The lowest BCUT2D eigenvalue weighted by Crippen LogP contribution is -1.99. The van der Waals surface area contributed by atoms with E-state index in [0.717, 1.165) is 24.0 Å². The monoisotopic (exact) mass is 775 g/mol. The predicted molar refractivity (Wildman–Crippen MR) is 225 cm³/mol. The molecule has 0 unspecified atom stereocenters. The van der Waals surface area contributed by atoms with Crippen molar-refractivity contribution in [2.24, 2.45) is 5.73 Å². The second kappa shape index (κ2) is 40.6. The first-order valence-electron chi connectivity index (χ1n) is 15.7. The maximum Gasteiger partial charge on any atom is 0.222 e. The van der Waals surface area contributed by atoms with Crippen molar-refractivity contribution in [3.05, 3.63) is 114 Å². The zero-order chi connectivity index (χ0) is 37.2. The number of benzene rings is 2. The molecule has 0 aliphatic rings. The van der Waals surface area contributed by atoms with Crippen molar-refractivity contribution in [2.45, 2.75) is 69.6 Å². The molecule has 3 aromatic heterocycles. The summed E-state index contributed by atoms with van der Waals surface area (Å²) in [6.07, 6.45) is 11.1. The van der Waals surface area contributed by atoms with Crippen LogP contribution in [-0.2, 0) is 13.2 Å². The highest BCUT2D eigenvalue weighted by molar-refractivity contribution is 6.28. The van der Waals surface area contributed by atoms with Crippen molar-refractivity contribution in [2.75, 3.05) is 45.0 Å². The Kier molecular flexibility index (Phi) is 43.8. The number of hydrogen-bond acceptors (Lipinski definition) is 14. The first kappa shape index (κ1) is 58.2. The molecule has 0 aliphatic carbocycles. The van der Waals surface area contributed by atoms with Crippen molar-refractivity contribution >= 4 is 23.5 Å². The van der Waals surface area contributed by atoms with Crippen LogP contribution in [0, 0.1) is 0 Å². The average Bonchev–Trinajstić information content (AvgIpc) is 3.17. The maximum atomic E-state index is 8.70. The Hall–Kier alpha value is -5.15. The lowest BCUT2D eigenvalue weighted by Gasteiger charge is -2.05. The van der Waals surface area contributed by atoms with E-state index in [0.29, 0.717) is 43.2 Å². The van der Waals surface area contributed by atoms with Gasteiger partial charge in [0.1, 0.15) is 13.2 Å². The van der Waals surface area contributed by atoms with Crippen LogP contribution in [-0.4, -0.2) is 79.6 Å². The summed E-state index contributed by atoms with van der Waals surface area (Å²) < 4.78 is 11.0. The number of ether oxygens (including phenoxy) is 2. The molecule has 2 aromatic carbocycles. The summed E-state index contributed by atoms with van der Waals surface area (Å²) in [5, 5.41) is 30.1. The van der Waals surface area contributed by atoms with Crippen LogP contribution in [0.1, 0.15) is 67.5 Å². The van der Waals surface area contributed by atoms with Gasteiger partial charge in [-0.15, -0.1) is 0 Å². The Bertz CT molecular complexity index is 1440. The Morgan fingerprint density at radius 2 is 0.944 bits per heavy atom. The molecule has 0 saturated carbocycles. The van der Waals surface area contributed by atoms with Crippen molar-refractivity contribution in [3.8, 4) is 17.2 Å². The highest BCUT2D eigenvalue weighted by atomic mass is 35.5. The van der Waals surface area contributed by atoms with Gasteiger partial charge in [-0.3, -0.25) is 0 Å². The van der Waals surface area contributed by atoms with Crippen molar-refractivity contribution in [3.63, 3.8) is 0 Å². The second-order valence-electron chi connectivity index (χ2n) is 9.14. The van der Waals surface area contributed by atoms with Crippen LogP contribution in [0.15, 0.2) is 97.8 Å². The van der Waals surface area contributed by atoms with Gasteiger partial charge in [0.2, 0.25) is 17.2 Å². The van der Waals surface area contributed by atoms with Gasteiger partial charge in [0.25, 0.3) is 0 Å². The predicted octanol–water partition coefficient (Wildman–Crippen LogP) is 7.93. The van der Waals surface area contributed by atoms with Crippen LogP contribution in [0.3, 0.4) is 0 Å². The lowest BCUT2D eigenvalue weighted by atomic mass is 10.2. The molecule has 0 saturated heterocycles. The topological polar surface area (TPSA) is 207 Å². The van der Waals surface area contributed by atoms with Gasteiger partial charge in [0.15, 0.2) is 17.2 Å². The van der Waals surface area contributed by atoms with E-state index >= 15 is 0 Å². The number of aliphatic hydroxyl groups excluding tert-OH is 2.